The third-order valence-corrected chi connectivity index (χ3v) is 2.48. The standard InChI is InChI=1S/C6H9NO2.C5H6N2.C2H6/c1-2-8-4-6-5(1)3-9-7-6;1-5-4-6-2-3-7-5;1-2/h5H,1-4H2;2-4H,1H3;1-2H3. The Morgan fingerprint density at radius 1 is 1.28 bits per heavy atom. The largest absolute Gasteiger partial charge is 0.395 e. The van der Waals surface area contributed by atoms with E-state index in [1.54, 1.807) is 18.6 Å². The van der Waals surface area contributed by atoms with Gasteiger partial charge in [-0.1, -0.05) is 19.0 Å². The molecule has 0 saturated carbocycles. The Morgan fingerprint density at radius 2 is 2.11 bits per heavy atom. The van der Waals surface area contributed by atoms with Gasteiger partial charge in [-0.15, -0.1) is 0 Å². The second kappa shape index (κ2) is 8.58. The lowest BCUT2D eigenvalue weighted by Gasteiger charge is -2.15. The van der Waals surface area contributed by atoms with Gasteiger partial charge in [0.25, 0.3) is 0 Å². The van der Waals surface area contributed by atoms with Crippen LogP contribution < -0.4 is 0 Å². The van der Waals surface area contributed by atoms with E-state index in [1.807, 2.05) is 20.8 Å². The molecule has 0 N–H and O–H groups in total. The van der Waals surface area contributed by atoms with E-state index < -0.39 is 0 Å². The van der Waals surface area contributed by atoms with E-state index in [0.717, 1.165) is 31.0 Å². The van der Waals surface area contributed by atoms with Gasteiger partial charge in [-0.3, -0.25) is 9.97 Å². The Hall–Kier alpha value is -1.49. The van der Waals surface area contributed by atoms with Crippen LogP contribution in [0.25, 0.3) is 0 Å². The number of aryl methyl sites for hydroxylation is 1. The monoisotopic (exact) mass is 251 g/mol. The van der Waals surface area contributed by atoms with E-state index in [0.29, 0.717) is 12.5 Å². The van der Waals surface area contributed by atoms with Crippen molar-refractivity contribution in [2.45, 2.75) is 27.2 Å². The molecule has 2 aliphatic rings. The normalized spacial score (nSPS) is 20.2. The van der Waals surface area contributed by atoms with Crippen molar-refractivity contribution in [2.24, 2.45) is 11.1 Å². The zero-order valence-corrected chi connectivity index (χ0v) is 11.3. The summed E-state index contributed by atoms with van der Waals surface area (Å²) in [7, 11) is 0. The maximum absolute atomic E-state index is 5.17. The molecule has 2 aliphatic heterocycles. The average Bonchev–Trinajstić information content (AvgIpc) is 2.91. The first-order valence-electron chi connectivity index (χ1n) is 6.35. The fraction of sp³-hybridized carbons (Fsp3) is 0.615. The highest BCUT2D eigenvalue weighted by Crippen LogP contribution is 2.17. The Balaban J connectivity index is 0.000000163. The van der Waals surface area contributed by atoms with Crippen LogP contribution in [0.1, 0.15) is 26.0 Å². The van der Waals surface area contributed by atoms with Gasteiger partial charge in [-0.25, -0.2) is 0 Å². The minimum atomic E-state index is 0.568. The summed E-state index contributed by atoms with van der Waals surface area (Å²) in [5.74, 6) is 0.568. The molecule has 0 amide bonds. The molecule has 1 aromatic rings. The molecule has 3 heterocycles. The summed E-state index contributed by atoms with van der Waals surface area (Å²) in [6.07, 6.45) is 6.14. The number of hydrogen-bond donors (Lipinski definition) is 0. The molecule has 1 unspecified atom stereocenters. The predicted octanol–water partition coefficient (Wildman–Crippen LogP) is 2.22. The molecule has 1 fully saturated rings. The summed E-state index contributed by atoms with van der Waals surface area (Å²) in [5.41, 5.74) is 2.06. The first-order chi connectivity index (χ1) is 8.86. The van der Waals surface area contributed by atoms with Gasteiger partial charge < -0.3 is 9.57 Å². The first-order valence-corrected chi connectivity index (χ1v) is 6.35. The number of nitrogens with zero attached hydrogens (tertiary/aromatic N) is 3. The van der Waals surface area contributed by atoms with Gasteiger partial charge in [0.05, 0.1) is 18.0 Å². The van der Waals surface area contributed by atoms with Crippen LogP contribution in [0.2, 0.25) is 0 Å². The van der Waals surface area contributed by atoms with Crippen LogP contribution in [0.5, 0.6) is 0 Å². The second-order valence-electron chi connectivity index (χ2n) is 3.76. The van der Waals surface area contributed by atoms with Gasteiger partial charge >= 0.3 is 0 Å². The molecule has 5 heteroatoms. The Morgan fingerprint density at radius 3 is 2.67 bits per heavy atom. The van der Waals surface area contributed by atoms with E-state index in [4.69, 9.17) is 9.57 Å². The van der Waals surface area contributed by atoms with Gasteiger partial charge in [-0.2, -0.15) is 0 Å². The Kier molecular flexibility index (Phi) is 6.94. The van der Waals surface area contributed by atoms with E-state index in [9.17, 15) is 0 Å². The van der Waals surface area contributed by atoms with Crippen LogP contribution in [0.4, 0.5) is 0 Å². The molecule has 0 radical (unpaired) electrons. The van der Waals surface area contributed by atoms with Gasteiger partial charge in [0.1, 0.15) is 6.61 Å². The minimum absolute atomic E-state index is 0.568. The fourth-order valence-electron chi connectivity index (χ4n) is 1.55. The molecular weight excluding hydrogens is 230 g/mol. The molecule has 1 saturated heterocycles. The van der Waals surface area contributed by atoms with Gasteiger partial charge in [0.2, 0.25) is 0 Å². The summed E-state index contributed by atoms with van der Waals surface area (Å²) in [6, 6.07) is 0. The molecule has 3 rings (SSSR count). The van der Waals surface area contributed by atoms with Gasteiger partial charge in [-0.05, 0) is 13.3 Å². The molecule has 0 aromatic carbocycles. The number of rotatable bonds is 0. The van der Waals surface area contributed by atoms with Crippen LogP contribution in [0.15, 0.2) is 23.7 Å². The summed E-state index contributed by atoms with van der Waals surface area (Å²) < 4.78 is 5.17. The molecule has 18 heavy (non-hydrogen) atoms. The number of aromatic nitrogens is 2. The lowest BCUT2D eigenvalue weighted by atomic mass is 10.0. The molecule has 1 aromatic heterocycles. The molecule has 0 spiro atoms. The summed E-state index contributed by atoms with van der Waals surface area (Å²) in [5, 5.41) is 3.85. The summed E-state index contributed by atoms with van der Waals surface area (Å²) in [6.45, 7) is 8.24. The fourth-order valence-corrected chi connectivity index (χ4v) is 1.55. The molecule has 0 bridgehead atoms. The molecule has 100 valence electrons. The Bertz CT molecular complexity index is 355. The van der Waals surface area contributed by atoms with Crippen molar-refractivity contribution in [3.05, 3.63) is 24.3 Å². The van der Waals surface area contributed by atoms with Crippen molar-refractivity contribution in [1.82, 2.24) is 9.97 Å². The van der Waals surface area contributed by atoms with E-state index in [1.165, 1.54) is 0 Å². The average molecular weight is 251 g/mol. The topological polar surface area (TPSA) is 56.6 Å². The maximum Gasteiger partial charge on any atom is 0.125 e. The first kappa shape index (κ1) is 14.6. The number of fused-ring (bicyclic) bond motifs is 1. The van der Waals surface area contributed by atoms with Gasteiger partial charge in [0, 0.05) is 31.1 Å². The summed E-state index contributed by atoms with van der Waals surface area (Å²) in [4.78, 5) is 12.6. The third-order valence-electron chi connectivity index (χ3n) is 2.48. The van der Waals surface area contributed by atoms with Crippen molar-refractivity contribution in [2.75, 3.05) is 19.8 Å². The van der Waals surface area contributed by atoms with Crippen LogP contribution in [-0.4, -0.2) is 35.5 Å². The smallest absolute Gasteiger partial charge is 0.125 e. The van der Waals surface area contributed by atoms with Crippen LogP contribution in [-0.2, 0) is 9.57 Å². The number of oxime groups is 1. The third kappa shape index (κ3) is 4.79. The van der Waals surface area contributed by atoms with E-state index in [-0.39, 0.29) is 0 Å². The van der Waals surface area contributed by atoms with Gasteiger partial charge in [0.15, 0.2) is 0 Å². The zero-order valence-electron chi connectivity index (χ0n) is 11.3. The summed E-state index contributed by atoms with van der Waals surface area (Å²) >= 11 is 0. The molecular formula is C13H21N3O2. The van der Waals surface area contributed by atoms with Crippen LogP contribution in [0, 0.1) is 12.8 Å². The number of ether oxygens (including phenoxy) is 1. The highest BCUT2D eigenvalue weighted by Gasteiger charge is 2.26. The predicted molar refractivity (Wildman–Crippen MR) is 70.4 cm³/mol. The van der Waals surface area contributed by atoms with E-state index >= 15 is 0 Å². The number of hydrogen-bond acceptors (Lipinski definition) is 5. The molecule has 5 nitrogen and oxygen atoms in total. The highest BCUT2D eigenvalue weighted by atomic mass is 16.6. The second-order valence-corrected chi connectivity index (χ2v) is 3.76. The quantitative estimate of drug-likeness (QED) is 0.709. The van der Waals surface area contributed by atoms with E-state index in [2.05, 4.69) is 15.1 Å². The van der Waals surface area contributed by atoms with Crippen molar-refractivity contribution < 1.29 is 9.57 Å². The lowest BCUT2D eigenvalue weighted by molar-refractivity contribution is 0.120. The van der Waals surface area contributed by atoms with Crippen LogP contribution >= 0.6 is 0 Å². The highest BCUT2D eigenvalue weighted by molar-refractivity contribution is 5.89. The Labute approximate surface area is 108 Å². The minimum Gasteiger partial charge on any atom is -0.395 e. The molecule has 0 aliphatic carbocycles. The van der Waals surface area contributed by atoms with Crippen molar-refractivity contribution in [3.63, 3.8) is 0 Å². The van der Waals surface area contributed by atoms with Crippen LogP contribution in [0.3, 0.4) is 0 Å². The SMILES string of the molecule is C1CC2CON=C2CO1.CC.Cc1cnccn1. The van der Waals surface area contributed by atoms with Crippen molar-refractivity contribution in [1.29, 1.82) is 0 Å². The van der Waals surface area contributed by atoms with Crippen molar-refractivity contribution in [3.8, 4) is 0 Å². The zero-order chi connectivity index (χ0) is 13.2. The maximum atomic E-state index is 5.17. The molecule has 1 atom stereocenters. The lowest BCUT2D eigenvalue weighted by Crippen LogP contribution is -2.26. The van der Waals surface area contributed by atoms with Crippen molar-refractivity contribution >= 4 is 5.71 Å².